The van der Waals surface area contributed by atoms with Crippen molar-refractivity contribution in [1.82, 2.24) is 20.3 Å². The fourth-order valence-electron chi connectivity index (χ4n) is 3.48. The lowest BCUT2D eigenvalue weighted by atomic mass is 10.0. The maximum Gasteiger partial charge on any atom is 0.255 e. The fourth-order valence-corrected chi connectivity index (χ4v) is 3.48. The SMILES string of the molecule is COc1ccccc1C(=O)N[C@H](Cc1cc(=O)[nH]c(-c2ccncc2)n1)c1ccc(F)cc1. The van der Waals surface area contributed by atoms with Crippen LogP contribution in [0.1, 0.15) is 27.7 Å². The minimum Gasteiger partial charge on any atom is -0.496 e. The number of aromatic nitrogens is 3. The zero-order valence-corrected chi connectivity index (χ0v) is 17.8. The van der Waals surface area contributed by atoms with Gasteiger partial charge in [0.2, 0.25) is 0 Å². The van der Waals surface area contributed by atoms with Crippen LogP contribution in [0, 0.1) is 5.82 Å². The van der Waals surface area contributed by atoms with E-state index in [-0.39, 0.29) is 23.7 Å². The Morgan fingerprint density at radius 3 is 2.55 bits per heavy atom. The molecule has 8 heteroatoms. The normalized spacial score (nSPS) is 11.6. The van der Waals surface area contributed by atoms with Crippen LogP contribution in [-0.2, 0) is 6.42 Å². The minimum absolute atomic E-state index is 0.217. The lowest BCUT2D eigenvalue weighted by molar-refractivity contribution is 0.0933. The lowest BCUT2D eigenvalue weighted by Gasteiger charge is -2.20. The number of H-pyrrole nitrogens is 1. The van der Waals surface area contributed by atoms with Crippen LogP contribution in [0.3, 0.4) is 0 Å². The van der Waals surface area contributed by atoms with E-state index in [1.54, 1.807) is 60.9 Å². The summed E-state index contributed by atoms with van der Waals surface area (Å²) in [6.45, 7) is 0. The molecule has 0 fully saturated rings. The molecule has 7 nitrogen and oxygen atoms in total. The molecule has 4 rings (SSSR count). The highest BCUT2D eigenvalue weighted by Crippen LogP contribution is 2.22. The van der Waals surface area contributed by atoms with Crippen molar-refractivity contribution in [3.8, 4) is 17.1 Å². The van der Waals surface area contributed by atoms with Gasteiger partial charge in [0.15, 0.2) is 0 Å². The van der Waals surface area contributed by atoms with Gasteiger partial charge in [-0.25, -0.2) is 9.37 Å². The van der Waals surface area contributed by atoms with E-state index in [1.165, 1.54) is 25.3 Å². The van der Waals surface area contributed by atoms with Gasteiger partial charge in [0.1, 0.15) is 17.4 Å². The summed E-state index contributed by atoms with van der Waals surface area (Å²) in [6.07, 6.45) is 3.43. The van der Waals surface area contributed by atoms with Crippen LogP contribution < -0.4 is 15.6 Å². The molecule has 2 heterocycles. The number of carbonyl (C=O) groups is 1. The Bertz CT molecular complexity index is 1310. The van der Waals surface area contributed by atoms with Gasteiger partial charge in [-0.3, -0.25) is 14.6 Å². The average molecular weight is 444 g/mol. The number of ether oxygens (including phenoxy) is 1. The van der Waals surface area contributed by atoms with Gasteiger partial charge in [-0.1, -0.05) is 24.3 Å². The molecule has 0 bridgehead atoms. The molecule has 33 heavy (non-hydrogen) atoms. The largest absolute Gasteiger partial charge is 0.496 e. The summed E-state index contributed by atoms with van der Waals surface area (Å²) < 4.78 is 18.8. The number of carbonyl (C=O) groups excluding carboxylic acids is 1. The summed E-state index contributed by atoms with van der Waals surface area (Å²) in [6, 6.07) is 17.0. The second-order valence-corrected chi connectivity index (χ2v) is 7.30. The molecule has 4 aromatic rings. The molecule has 1 atom stereocenters. The summed E-state index contributed by atoms with van der Waals surface area (Å²) in [7, 11) is 1.49. The van der Waals surface area contributed by atoms with E-state index in [4.69, 9.17) is 4.74 Å². The standard InChI is InChI=1S/C25H21FN4O3/c1-33-22-5-3-2-4-20(22)25(32)29-21(16-6-8-18(26)9-7-16)14-19-15-23(31)30-24(28-19)17-10-12-27-13-11-17/h2-13,15,21H,14H2,1H3,(H,29,32)(H,28,30,31)/t21-/m1/s1. The first kappa shape index (κ1) is 21.9. The third kappa shape index (κ3) is 5.30. The molecule has 166 valence electrons. The average Bonchev–Trinajstić information content (AvgIpc) is 2.84. The van der Waals surface area contributed by atoms with Crippen LogP contribution in [0.25, 0.3) is 11.4 Å². The van der Waals surface area contributed by atoms with Gasteiger partial charge in [0.05, 0.1) is 24.4 Å². The number of amides is 1. The molecule has 0 radical (unpaired) electrons. The van der Waals surface area contributed by atoms with Gasteiger partial charge in [-0.15, -0.1) is 0 Å². The first-order valence-electron chi connectivity index (χ1n) is 10.2. The second-order valence-electron chi connectivity index (χ2n) is 7.30. The molecular weight excluding hydrogens is 423 g/mol. The fraction of sp³-hybridized carbons (Fsp3) is 0.120. The number of para-hydroxylation sites is 1. The number of benzene rings is 2. The van der Waals surface area contributed by atoms with Gasteiger partial charge in [0.25, 0.3) is 11.5 Å². The number of nitrogens with one attached hydrogen (secondary N) is 2. The highest BCUT2D eigenvalue weighted by Gasteiger charge is 2.20. The molecule has 0 aliphatic rings. The third-order valence-electron chi connectivity index (χ3n) is 5.09. The van der Waals surface area contributed by atoms with E-state index in [0.29, 0.717) is 34.0 Å². The predicted octanol–water partition coefficient (Wildman–Crippen LogP) is 3.69. The number of hydrogen-bond donors (Lipinski definition) is 2. The molecular formula is C25H21FN4O3. The Morgan fingerprint density at radius 1 is 1.09 bits per heavy atom. The maximum atomic E-state index is 13.5. The summed E-state index contributed by atoms with van der Waals surface area (Å²) in [4.78, 5) is 36.6. The number of nitrogens with zero attached hydrogens (tertiary/aromatic N) is 2. The third-order valence-corrected chi connectivity index (χ3v) is 5.09. The molecule has 2 aromatic carbocycles. The molecule has 0 saturated heterocycles. The molecule has 0 aliphatic carbocycles. The molecule has 2 aromatic heterocycles. The van der Waals surface area contributed by atoms with Gasteiger partial charge in [-0.2, -0.15) is 0 Å². The maximum absolute atomic E-state index is 13.5. The first-order valence-corrected chi connectivity index (χ1v) is 10.2. The molecule has 0 unspecified atom stereocenters. The van der Waals surface area contributed by atoms with E-state index in [1.807, 2.05) is 0 Å². The van der Waals surface area contributed by atoms with Crippen molar-refractivity contribution in [2.75, 3.05) is 7.11 Å². The monoisotopic (exact) mass is 444 g/mol. The summed E-state index contributed by atoms with van der Waals surface area (Å²) >= 11 is 0. The van der Waals surface area contributed by atoms with Crippen LogP contribution in [0.5, 0.6) is 5.75 Å². The Hall–Kier alpha value is -4.33. The summed E-state index contributed by atoms with van der Waals surface area (Å²) in [5, 5.41) is 2.97. The lowest BCUT2D eigenvalue weighted by Crippen LogP contribution is -2.31. The molecule has 1 amide bonds. The van der Waals surface area contributed by atoms with Crippen LogP contribution in [0.4, 0.5) is 4.39 Å². The number of rotatable bonds is 7. The zero-order valence-electron chi connectivity index (χ0n) is 17.8. The van der Waals surface area contributed by atoms with E-state index in [0.717, 1.165) is 0 Å². The van der Waals surface area contributed by atoms with Crippen molar-refractivity contribution >= 4 is 5.91 Å². The smallest absolute Gasteiger partial charge is 0.255 e. The van der Waals surface area contributed by atoms with E-state index >= 15 is 0 Å². The van der Waals surface area contributed by atoms with Crippen LogP contribution in [0.2, 0.25) is 0 Å². The van der Waals surface area contributed by atoms with Crippen molar-refractivity contribution in [2.45, 2.75) is 12.5 Å². The number of hydrogen-bond acceptors (Lipinski definition) is 5. The van der Waals surface area contributed by atoms with Crippen LogP contribution in [0.15, 0.2) is 83.9 Å². The summed E-state index contributed by atoms with van der Waals surface area (Å²) in [5.41, 5.74) is 1.90. The molecule has 0 saturated carbocycles. The van der Waals surface area contributed by atoms with E-state index in [2.05, 4.69) is 20.3 Å². The number of aromatic amines is 1. The van der Waals surface area contributed by atoms with Gasteiger partial charge in [-0.05, 0) is 42.0 Å². The molecule has 0 aliphatic heterocycles. The van der Waals surface area contributed by atoms with Gasteiger partial charge in [0, 0.05) is 30.4 Å². The highest BCUT2D eigenvalue weighted by atomic mass is 19.1. The van der Waals surface area contributed by atoms with Gasteiger partial charge >= 0.3 is 0 Å². The van der Waals surface area contributed by atoms with Crippen LogP contribution >= 0.6 is 0 Å². The van der Waals surface area contributed by atoms with Crippen molar-refractivity contribution < 1.29 is 13.9 Å². The number of pyridine rings is 1. The first-order chi connectivity index (χ1) is 16.0. The summed E-state index contributed by atoms with van der Waals surface area (Å²) in [5.74, 6) is 0.0831. The topological polar surface area (TPSA) is 97.0 Å². The predicted molar refractivity (Wildman–Crippen MR) is 121 cm³/mol. The minimum atomic E-state index is -0.567. The quantitative estimate of drug-likeness (QED) is 0.453. The molecule has 2 N–H and O–H groups in total. The second kappa shape index (κ2) is 9.86. The van der Waals surface area contributed by atoms with E-state index < -0.39 is 6.04 Å². The number of methoxy groups -OCH3 is 1. The van der Waals surface area contributed by atoms with E-state index in [9.17, 15) is 14.0 Å². The molecule has 0 spiro atoms. The van der Waals surface area contributed by atoms with Crippen molar-refractivity contribution in [2.24, 2.45) is 0 Å². The Balaban J connectivity index is 1.67. The Kier molecular flexibility index (Phi) is 6.54. The Labute approximate surface area is 189 Å². The van der Waals surface area contributed by atoms with Gasteiger partial charge < -0.3 is 15.0 Å². The Morgan fingerprint density at radius 2 is 1.82 bits per heavy atom. The zero-order chi connectivity index (χ0) is 23.2. The number of halogens is 1. The van der Waals surface area contributed by atoms with Crippen molar-refractivity contribution in [3.63, 3.8) is 0 Å². The van der Waals surface area contributed by atoms with Crippen molar-refractivity contribution in [1.29, 1.82) is 0 Å². The van der Waals surface area contributed by atoms with Crippen molar-refractivity contribution in [3.05, 3.63) is 112 Å². The van der Waals surface area contributed by atoms with Crippen LogP contribution in [-0.4, -0.2) is 28.0 Å². The highest BCUT2D eigenvalue weighted by molar-refractivity contribution is 5.97.